The van der Waals surface area contributed by atoms with E-state index in [0.717, 1.165) is 24.7 Å². The summed E-state index contributed by atoms with van der Waals surface area (Å²) >= 11 is 5.95. The van der Waals surface area contributed by atoms with Crippen LogP contribution >= 0.6 is 11.6 Å². The highest BCUT2D eigenvalue weighted by molar-refractivity contribution is 6.30. The fraction of sp³-hybridized carbons (Fsp3) is 0.500. The average Bonchev–Trinajstić information content (AvgIpc) is 2.70. The Morgan fingerprint density at radius 2 is 2.40 bits per heavy atom. The Bertz CT molecular complexity index is 323. The molecule has 1 aliphatic rings. The monoisotopic (exact) mass is 225 g/mol. The summed E-state index contributed by atoms with van der Waals surface area (Å²) in [5.41, 5.74) is 1.23. The standard InChI is InChI=1S/C12H16ClNO/c1-9(14-12-5-6-15-8-12)10-3-2-4-11(13)7-10/h2-4,7,9,12,14H,5-6,8H2,1H3. The maximum Gasteiger partial charge on any atom is 0.0620 e. The summed E-state index contributed by atoms with van der Waals surface area (Å²) < 4.78 is 5.33. The summed E-state index contributed by atoms with van der Waals surface area (Å²) in [5.74, 6) is 0. The van der Waals surface area contributed by atoms with Crippen LogP contribution in [0.1, 0.15) is 24.9 Å². The molecule has 0 bridgehead atoms. The first-order valence-electron chi connectivity index (χ1n) is 5.35. The van der Waals surface area contributed by atoms with Gasteiger partial charge in [0.15, 0.2) is 0 Å². The molecule has 1 heterocycles. The Kier molecular flexibility index (Phi) is 3.62. The Labute approximate surface area is 95.6 Å². The molecule has 0 radical (unpaired) electrons. The number of rotatable bonds is 3. The first-order chi connectivity index (χ1) is 7.25. The Hall–Kier alpha value is -0.570. The second-order valence-corrected chi connectivity index (χ2v) is 4.44. The Morgan fingerprint density at radius 1 is 1.53 bits per heavy atom. The minimum Gasteiger partial charge on any atom is -0.380 e. The second-order valence-electron chi connectivity index (χ2n) is 4.00. The van der Waals surface area contributed by atoms with Crippen LogP contribution in [-0.4, -0.2) is 19.3 Å². The lowest BCUT2D eigenvalue weighted by atomic mass is 10.1. The van der Waals surface area contributed by atoms with E-state index in [1.807, 2.05) is 18.2 Å². The molecule has 0 aromatic heterocycles. The van der Waals surface area contributed by atoms with Crippen molar-refractivity contribution in [3.05, 3.63) is 34.9 Å². The van der Waals surface area contributed by atoms with Gasteiger partial charge in [0.1, 0.15) is 0 Å². The van der Waals surface area contributed by atoms with Crippen molar-refractivity contribution in [3.8, 4) is 0 Å². The minimum absolute atomic E-state index is 0.329. The number of halogens is 1. The van der Waals surface area contributed by atoms with Crippen LogP contribution in [0.3, 0.4) is 0 Å². The Morgan fingerprint density at radius 3 is 3.07 bits per heavy atom. The first-order valence-corrected chi connectivity index (χ1v) is 5.73. The smallest absolute Gasteiger partial charge is 0.0620 e. The predicted molar refractivity (Wildman–Crippen MR) is 62.2 cm³/mol. The van der Waals surface area contributed by atoms with Crippen molar-refractivity contribution in [2.75, 3.05) is 13.2 Å². The van der Waals surface area contributed by atoms with Crippen LogP contribution in [0.15, 0.2) is 24.3 Å². The molecule has 1 aliphatic heterocycles. The molecule has 2 atom stereocenters. The molecule has 2 unspecified atom stereocenters. The van der Waals surface area contributed by atoms with Crippen molar-refractivity contribution < 1.29 is 4.74 Å². The highest BCUT2D eigenvalue weighted by Gasteiger charge is 2.17. The van der Waals surface area contributed by atoms with E-state index in [1.54, 1.807) is 0 Å². The van der Waals surface area contributed by atoms with Gasteiger partial charge in [-0.3, -0.25) is 0 Å². The van der Waals surface area contributed by atoms with Crippen molar-refractivity contribution in [2.45, 2.75) is 25.4 Å². The number of hydrogen-bond acceptors (Lipinski definition) is 2. The van der Waals surface area contributed by atoms with Crippen LogP contribution in [0.5, 0.6) is 0 Å². The lowest BCUT2D eigenvalue weighted by Gasteiger charge is -2.18. The highest BCUT2D eigenvalue weighted by Crippen LogP contribution is 2.19. The third kappa shape index (κ3) is 2.94. The van der Waals surface area contributed by atoms with Crippen LogP contribution in [0.25, 0.3) is 0 Å². The van der Waals surface area contributed by atoms with Gasteiger partial charge in [-0.1, -0.05) is 23.7 Å². The zero-order valence-corrected chi connectivity index (χ0v) is 9.63. The number of benzene rings is 1. The maximum atomic E-state index is 5.95. The minimum atomic E-state index is 0.329. The molecule has 0 spiro atoms. The number of ether oxygens (including phenoxy) is 1. The van der Waals surface area contributed by atoms with Crippen molar-refractivity contribution >= 4 is 11.6 Å². The van der Waals surface area contributed by atoms with Gasteiger partial charge >= 0.3 is 0 Å². The van der Waals surface area contributed by atoms with Crippen LogP contribution in [0.2, 0.25) is 5.02 Å². The molecular formula is C12H16ClNO. The molecule has 2 nitrogen and oxygen atoms in total. The normalized spacial score (nSPS) is 22.9. The molecule has 1 N–H and O–H groups in total. The maximum absolute atomic E-state index is 5.95. The van der Waals surface area contributed by atoms with Gasteiger partial charge in [0.05, 0.1) is 6.61 Å². The van der Waals surface area contributed by atoms with Gasteiger partial charge in [0.2, 0.25) is 0 Å². The van der Waals surface area contributed by atoms with Gasteiger partial charge < -0.3 is 10.1 Å². The third-order valence-electron chi connectivity index (χ3n) is 2.76. The molecule has 1 fully saturated rings. The molecular weight excluding hydrogens is 210 g/mol. The molecule has 2 rings (SSSR count). The number of hydrogen-bond donors (Lipinski definition) is 1. The summed E-state index contributed by atoms with van der Waals surface area (Å²) in [4.78, 5) is 0. The summed E-state index contributed by atoms with van der Waals surface area (Å²) in [7, 11) is 0. The van der Waals surface area contributed by atoms with Gasteiger partial charge in [-0.2, -0.15) is 0 Å². The van der Waals surface area contributed by atoms with Gasteiger partial charge in [-0.15, -0.1) is 0 Å². The molecule has 0 aliphatic carbocycles. The lowest BCUT2D eigenvalue weighted by molar-refractivity contribution is 0.188. The summed E-state index contributed by atoms with van der Waals surface area (Å²) in [6.45, 7) is 3.86. The van der Waals surface area contributed by atoms with Crippen molar-refractivity contribution in [1.82, 2.24) is 5.32 Å². The SMILES string of the molecule is CC(NC1CCOC1)c1cccc(Cl)c1. The molecule has 0 saturated carbocycles. The fourth-order valence-electron chi connectivity index (χ4n) is 1.89. The fourth-order valence-corrected chi connectivity index (χ4v) is 2.09. The van der Waals surface area contributed by atoms with Crippen molar-refractivity contribution in [2.24, 2.45) is 0 Å². The molecule has 3 heteroatoms. The van der Waals surface area contributed by atoms with Gasteiger partial charge in [0.25, 0.3) is 0 Å². The third-order valence-corrected chi connectivity index (χ3v) is 3.00. The zero-order chi connectivity index (χ0) is 10.7. The van der Waals surface area contributed by atoms with Crippen LogP contribution < -0.4 is 5.32 Å². The van der Waals surface area contributed by atoms with E-state index in [1.165, 1.54) is 5.56 Å². The van der Waals surface area contributed by atoms with Crippen LogP contribution in [0.4, 0.5) is 0 Å². The second kappa shape index (κ2) is 4.97. The molecule has 1 aromatic rings. The quantitative estimate of drug-likeness (QED) is 0.854. The molecule has 15 heavy (non-hydrogen) atoms. The zero-order valence-electron chi connectivity index (χ0n) is 8.87. The van der Waals surface area contributed by atoms with Crippen molar-refractivity contribution in [1.29, 1.82) is 0 Å². The van der Waals surface area contributed by atoms with Gasteiger partial charge in [0, 0.05) is 23.7 Å². The molecule has 0 amide bonds. The lowest BCUT2D eigenvalue weighted by Crippen LogP contribution is -2.31. The van der Waals surface area contributed by atoms with Gasteiger partial charge in [-0.25, -0.2) is 0 Å². The highest BCUT2D eigenvalue weighted by atomic mass is 35.5. The number of nitrogens with one attached hydrogen (secondary N) is 1. The largest absolute Gasteiger partial charge is 0.380 e. The van der Waals surface area contributed by atoms with Gasteiger partial charge in [-0.05, 0) is 31.0 Å². The van der Waals surface area contributed by atoms with E-state index in [4.69, 9.17) is 16.3 Å². The van der Waals surface area contributed by atoms with E-state index in [-0.39, 0.29) is 0 Å². The van der Waals surface area contributed by atoms with E-state index in [9.17, 15) is 0 Å². The summed E-state index contributed by atoms with van der Waals surface area (Å²) in [6.07, 6.45) is 1.10. The summed E-state index contributed by atoms with van der Waals surface area (Å²) in [5, 5.41) is 4.33. The van der Waals surface area contributed by atoms with E-state index in [0.29, 0.717) is 12.1 Å². The average molecular weight is 226 g/mol. The molecule has 1 saturated heterocycles. The van der Waals surface area contributed by atoms with Crippen LogP contribution in [0, 0.1) is 0 Å². The van der Waals surface area contributed by atoms with E-state index >= 15 is 0 Å². The topological polar surface area (TPSA) is 21.3 Å². The van der Waals surface area contributed by atoms with E-state index in [2.05, 4.69) is 18.3 Å². The first kappa shape index (κ1) is 10.9. The molecule has 1 aromatic carbocycles. The predicted octanol–water partition coefficient (Wildman–Crippen LogP) is 2.78. The Balaban J connectivity index is 1.97. The molecule has 82 valence electrons. The van der Waals surface area contributed by atoms with Crippen LogP contribution in [-0.2, 0) is 4.74 Å². The summed E-state index contributed by atoms with van der Waals surface area (Å²) in [6, 6.07) is 8.81. The van der Waals surface area contributed by atoms with E-state index < -0.39 is 0 Å². The van der Waals surface area contributed by atoms with Crippen molar-refractivity contribution in [3.63, 3.8) is 0 Å².